The Morgan fingerprint density at radius 3 is 2.32 bits per heavy atom. The molecule has 2 aliphatic carbocycles. The molecular formula is C18H28N4O2S. The van der Waals surface area contributed by atoms with Crippen molar-refractivity contribution in [3.05, 3.63) is 29.8 Å². The van der Waals surface area contributed by atoms with E-state index in [1.807, 2.05) is 12.1 Å². The lowest BCUT2D eigenvalue weighted by Gasteiger charge is -2.24. The molecular weight excluding hydrogens is 336 g/mol. The van der Waals surface area contributed by atoms with E-state index in [1.165, 1.54) is 32.1 Å². The zero-order valence-corrected chi connectivity index (χ0v) is 15.6. The minimum Gasteiger partial charge on any atom is -0.354 e. The van der Waals surface area contributed by atoms with Gasteiger partial charge < -0.3 is 10.6 Å². The lowest BCUT2D eigenvalue weighted by atomic mass is 9.96. The molecule has 0 radical (unpaired) electrons. The molecule has 2 aliphatic rings. The number of aliphatic imine (C=N–C) groups is 1. The SMILES string of the molecule is CN=C(NCc1ccc(S(=O)(=O)NC2CC2)cc1)NC1CCCCC1. The molecule has 2 saturated carbocycles. The third kappa shape index (κ3) is 5.44. The molecule has 0 aliphatic heterocycles. The van der Waals surface area contributed by atoms with Crippen LogP contribution in [0.2, 0.25) is 0 Å². The topological polar surface area (TPSA) is 82.6 Å². The van der Waals surface area contributed by atoms with Crippen molar-refractivity contribution in [3.8, 4) is 0 Å². The number of rotatable bonds is 6. The average Bonchev–Trinajstić information content (AvgIpc) is 3.43. The monoisotopic (exact) mass is 364 g/mol. The van der Waals surface area contributed by atoms with Crippen molar-refractivity contribution in [2.24, 2.45) is 4.99 Å². The fraction of sp³-hybridized carbons (Fsp3) is 0.611. The molecule has 25 heavy (non-hydrogen) atoms. The standard InChI is InChI=1S/C18H28N4O2S/c1-19-18(21-15-5-3-2-4-6-15)20-13-14-7-11-17(12-8-14)25(23,24)22-16-9-10-16/h7-8,11-12,15-16,22H,2-6,9-10,13H2,1H3,(H2,19,20,21). The van der Waals surface area contributed by atoms with E-state index in [-0.39, 0.29) is 6.04 Å². The maximum atomic E-state index is 12.2. The van der Waals surface area contributed by atoms with Crippen LogP contribution >= 0.6 is 0 Å². The van der Waals surface area contributed by atoms with Crippen LogP contribution in [0.1, 0.15) is 50.5 Å². The molecule has 7 heteroatoms. The third-order valence-corrected chi connectivity index (χ3v) is 6.30. The smallest absolute Gasteiger partial charge is 0.240 e. The first-order valence-electron chi connectivity index (χ1n) is 9.15. The third-order valence-electron chi connectivity index (χ3n) is 4.76. The summed E-state index contributed by atoms with van der Waals surface area (Å²) in [6, 6.07) is 7.66. The maximum absolute atomic E-state index is 12.2. The van der Waals surface area contributed by atoms with Crippen molar-refractivity contribution in [2.45, 2.75) is 68.5 Å². The van der Waals surface area contributed by atoms with Crippen molar-refractivity contribution < 1.29 is 8.42 Å². The maximum Gasteiger partial charge on any atom is 0.240 e. The van der Waals surface area contributed by atoms with Gasteiger partial charge in [0.15, 0.2) is 5.96 Å². The van der Waals surface area contributed by atoms with Gasteiger partial charge in [0.25, 0.3) is 0 Å². The van der Waals surface area contributed by atoms with Crippen molar-refractivity contribution in [3.63, 3.8) is 0 Å². The molecule has 138 valence electrons. The molecule has 0 bridgehead atoms. The Bertz CT molecular complexity index is 690. The van der Waals surface area contributed by atoms with Crippen molar-refractivity contribution in [1.82, 2.24) is 15.4 Å². The van der Waals surface area contributed by atoms with Crippen LogP contribution in [0.3, 0.4) is 0 Å². The van der Waals surface area contributed by atoms with E-state index < -0.39 is 10.0 Å². The van der Waals surface area contributed by atoms with Gasteiger partial charge in [-0.3, -0.25) is 4.99 Å². The summed E-state index contributed by atoms with van der Waals surface area (Å²) in [7, 11) is -1.60. The molecule has 1 aromatic rings. The van der Waals surface area contributed by atoms with Crippen LogP contribution in [0.4, 0.5) is 0 Å². The van der Waals surface area contributed by atoms with Gasteiger partial charge in [0.05, 0.1) is 4.90 Å². The Labute approximate surface area is 150 Å². The normalized spacial score (nSPS) is 19.6. The zero-order chi connectivity index (χ0) is 17.7. The number of hydrogen-bond acceptors (Lipinski definition) is 3. The van der Waals surface area contributed by atoms with Gasteiger partial charge in [-0.2, -0.15) is 0 Å². The lowest BCUT2D eigenvalue weighted by molar-refractivity contribution is 0.410. The highest BCUT2D eigenvalue weighted by Crippen LogP contribution is 2.22. The van der Waals surface area contributed by atoms with E-state index in [4.69, 9.17) is 0 Å². The highest BCUT2D eigenvalue weighted by molar-refractivity contribution is 7.89. The van der Waals surface area contributed by atoms with Crippen molar-refractivity contribution >= 4 is 16.0 Å². The molecule has 0 heterocycles. The molecule has 0 saturated heterocycles. The number of guanidine groups is 1. The first kappa shape index (κ1) is 18.2. The van der Waals surface area contributed by atoms with Crippen LogP contribution in [0.5, 0.6) is 0 Å². The molecule has 0 unspecified atom stereocenters. The Morgan fingerprint density at radius 1 is 1.04 bits per heavy atom. The van der Waals surface area contributed by atoms with E-state index in [2.05, 4.69) is 20.3 Å². The molecule has 0 atom stereocenters. The highest BCUT2D eigenvalue weighted by Gasteiger charge is 2.27. The molecule has 6 nitrogen and oxygen atoms in total. The summed E-state index contributed by atoms with van der Waals surface area (Å²) in [5.41, 5.74) is 1.02. The summed E-state index contributed by atoms with van der Waals surface area (Å²) in [5, 5.41) is 6.78. The Kier molecular flexibility index (Phi) is 5.96. The summed E-state index contributed by atoms with van der Waals surface area (Å²) in [6.45, 7) is 0.614. The second-order valence-electron chi connectivity index (χ2n) is 6.94. The van der Waals surface area contributed by atoms with Gasteiger partial charge in [0, 0.05) is 25.7 Å². The predicted octanol–water partition coefficient (Wildman–Crippen LogP) is 2.12. The van der Waals surface area contributed by atoms with Crippen molar-refractivity contribution in [2.75, 3.05) is 7.05 Å². The van der Waals surface area contributed by atoms with E-state index in [0.717, 1.165) is 24.4 Å². The molecule has 0 spiro atoms. The lowest BCUT2D eigenvalue weighted by Crippen LogP contribution is -2.43. The first-order chi connectivity index (χ1) is 12.1. The Hall–Kier alpha value is -1.60. The summed E-state index contributed by atoms with van der Waals surface area (Å²) in [5.74, 6) is 0.805. The number of benzene rings is 1. The van der Waals surface area contributed by atoms with Crippen LogP contribution in [-0.2, 0) is 16.6 Å². The molecule has 0 amide bonds. The van der Waals surface area contributed by atoms with Gasteiger partial charge in [-0.05, 0) is 43.4 Å². The molecule has 3 rings (SSSR count). The van der Waals surface area contributed by atoms with Gasteiger partial charge in [-0.25, -0.2) is 13.1 Å². The predicted molar refractivity (Wildman–Crippen MR) is 100.0 cm³/mol. The van der Waals surface area contributed by atoms with Gasteiger partial charge in [0.1, 0.15) is 0 Å². The van der Waals surface area contributed by atoms with Crippen molar-refractivity contribution in [1.29, 1.82) is 0 Å². The number of sulfonamides is 1. The first-order valence-corrected chi connectivity index (χ1v) is 10.6. The van der Waals surface area contributed by atoms with E-state index >= 15 is 0 Å². The average molecular weight is 365 g/mol. The molecule has 1 aromatic carbocycles. The summed E-state index contributed by atoms with van der Waals surface area (Å²) < 4.78 is 27.0. The fourth-order valence-corrected chi connectivity index (χ4v) is 4.40. The van der Waals surface area contributed by atoms with Gasteiger partial charge in [-0.15, -0.1) is 0 Å². The second kappa shape index (κ2) is 8.19. The summed E-state index contributed by atoms with van der Waals surface area (Å²) in [4.78, 5) is 4.61. The van der Waals surface area contributed by atoms with E-state index in [1.54, 1.807) is 19.2 Å². The van der Waals surface area contributed by atoms with Crippen LogP contribution in [-0.4, -0.2) is 33.5 Å². The largest absolute Gasteiger partial charge is 0.354 e. The van der Waals surface area contributed by atoms with E-state index in [9.17, 15) is 8.42 Å². The summed E-state index contributed by atoms with van der Waals surface area (Å²) >= 11 is 0. The quantitative estimate of drug-likeness (QED) is 0.533. The second-order valence-corrected chi connectivity index (χ2v) is 8.66. The molecule has 2 fully saturated rings. The molecule has 0 aromatic heterocycles. The van der Waals surface area contributed by atoms with Crippen LogP contribution < -0.4 is 15.4 Å². The van der Waals surface area contributed by atoms with Crippen LogP contribution in [0, 0.1) is 0 Å². The fourth-order valence-electron chi connectivity index (χ4n) is 3.10. The van der Waals surface area contributed by atoms with Gasteiger partial charge in [-0.1, -0.05) is 31.4 Å². The number of nitrogens with one attached hydrogen (secondary N) is 3. The summed E-state index contributed by atoms with van der Waals surface area (Å²) in [6.07, 6.45) is 8.15. The van der Waals surface area contributed by atoms with Crippen LogP contribution in [0.15, 0.2) is 34.2 Å². The minimum atomic E-state index is -3.38. The zero-order valence-electron chi connectivity index (χ0n) is 14.8. The van der Waals surface area contributed by atoms with E-state index in [0.29, 0.717) is 17.5 Å². The Balaban J connectivity index is 1.52. The highest BCUT2D eigenvalue weighted by atomic mass is 32.2. The van der Waals surface area contributed by atoms with Crippen LogP contribution in [0.25, 0.3) is 0 Å². The minimum absolute atomic E-state index is 0.125. The Morgan fingerprint density at radius 2 is 1.72 bits per heavy atom. The van der Waals surface area contributed by atoms with Gasteiger partial charge >= 0.3 is 0 Å². The number of nitrogens with zero attached hydrogens (tertiary/aromatic N) is 1. The van der Waals surface area contributed by atoms with Gasteiger partial charge in [0.2, 0.25) is 10.0 Å². The number of hydrogen-bond donors (Lipinski definition) is 3. The molecule has 3 N–H and O–H groups in total.